The number of Topliss-reactive ketones (excluding diaryl/α,β-unsaturated/α-hetero) is 1. The van der Waals surface area contributed by atoms with Crippen molar-refractivity contribution >= 4 is 11.7 Å². The maximum Gasteiger partial charge on any atom is 0.290 e. The molecule has 0 unspecified atom stereocenters. The van der Waals surface area contributed by atoms with Gasteiger partial charge in [0, 0.05) is 31.7 Å². The molecule has 0 spiro atoms. The molecule has 0 aliphatic carbocycles. The zero-order valence-electron chi connectivity index (χ0n) is 18.8. The van der Waals surface area contributed by atoms with E-state index in [2.05, 4.69) is 4.90 Å². The Morgan fingerprint density at radius 2 is 1.91 bits per heavy atom. The summed E-state index contributed by atoms with van der Waals surface area (Å²) >= 11 is 0. The van der Waals surface area contributed by atoms with Gasteiger partial charge in [0.05, 0.1) is 45.3 Å². The topological polar surface area (TPSA) is 102 Å². The number of hydrogen-bond acceptors (Lipinski definition) is 8. The van der Waals surface area contributed by atoms with Gasteiger partial charge in [0.15, 0.2) is 23.0 Å². The molecular weight excluding hydrogens is 428 g/mol. The molecule has 1 atom stereocenters. The molecule has 2 aliphatic heterocycles. The molecule has 2 aromatic rings. The number of hydrogen-bond donors (Lipinski definition) is 1. The number of aliphatic hydroxyl groups excluding tert-OH is 1. The molecule has 4 rings (SSSR count). The van der Waals surface area contributed by atoms with E-state index >= 15 is 0 Å². The second kappa shape index (κ2) is 10.1. The molecule has 9 heteroatoms. The van der Waals surface area contributed by atoms with Gasteiger partial charge in [-0.2, -0.15) is 0 Å². The van der Waals surface area contributed by atoms with Crippen molar-refractivity contribution in [1.29, 1.82) is 0 Å². The van der Waals surface area contributed by atoms with Gasteiger partial charge in [-0.1, -0.05) is 12.1 Å². The molecule has 1 aromatic heterocycles. The molecule has 1 aromatic carbocycles. The van der Waals surface area contributed by atoms with Crippen molar-refractivity contribution in [1.82, 2.24) is 9.80 Å². The second-order valence-electron chi connectivity index (χ2n) is 7.86. The summed E-state index contributed by atoms with van der Waals surface area (Å²) in [4.78, 5) is 30.2. The highest BCUT2D eigenvalue weighted by atomic mass is 16.5. The van der Waals surface area contributed by atoms with Crippen molar-refractivity contribution < 1.29 is 33.3 Å². The third-order valence-corrected chi connectivity index (χ3v) is 6.00. The Hall–Kier alpha value is -3.30. The summed E-state index contributed by atoms with van der Waals surface area (Å²) < 4.78 is 21.7. The van der Waals surface area contributed by atoms with Gasteiger partial charge in [0.25, 0.3) is 5.91 Å². The van der Waals surface area contributed by atoms with Crippen LogP contribution >= 0.6 is 0 Å². The number of benzene rings is 1. The van der Waals surface area contributed by atoms with E-state index < -0.39 is 23.5 Å². The van der Waals surface area contributed by atoms with Crippen LogP contribution in [0.3, 0.4) is 0 Å². The molecule has 1 saturated heterocycles. The molecule has 1 N–H and O–H groups in total. The number of nitrogens with zero attached hydrogens (tertiary/aromatic N) is 2. The lowest BCUT2D eigenvalue weighted by atomic mass is 9.94. The molecule has 0 saturated carbocycles. The van der Waals surface area contributed by atoms with Crippen LogP contribution in [0.25, 0.3) is 0 Å². The van der Waals surface area contributed by atoms with E-state index in [0.717, 1.165) is 19.6 Å². The lowest BCUT2D eigenvalue weighted by Crippen LogP contribution is -2.39. The van der Waals surface area contributed by atoms with Crippen LogP contribution in [0.1, 0.15) is 28.6 Å². The second-order valence-corrected chi connectivity index (χ2v) is 7.86. The third-order valence-electron chi connectivity index (χ3n) is 6.00. The lowest BCUT2D eigenvalue weighted by Gasteiger charge is -2.30. The molecule has 33 heavy (non-hydrogen) atoms. The van der Waals surface area contributed by atoms with Gasteiger partial charge in [0.2, 0.25) is 5.78 Å². The van der Waals surface area contributed by atoms with Crippen LogP contribution < -0.4 is 9.47 Å². The standard InChI is InChI=1S/C24H28N2O7/c1-30-18-7-3-6-16(23(18)31-2)20-19(21(27)17-8-4-13-33-17)22(28)24(29)26(20)10-5-9-25-11-14-32-15-12-25/h3-4,6-8,13,20,28H,5,9-12,14-15H2,1-2H3/t20-/m0/s1. The van der Waals surface area contributed by atoms with E-state index in [9.17, 15) is 14.7 Å². The fourth-order valence-corrected chi connectivity index (χ4v) is 4.40. The van der Waals surface area contributed by atoms with E-state index in [-0.39, 0.29) is 11.3 Å². The van der Waals surface area contributed by atoms with Crippen LogP contribution in [0, 0.1) is 0 Å². The maximum atomic E-state index is 13.3. The summed E-state index contributed by atoms with van der Waals surface area (Å²) in [7, 11) is 3.02. The van der Waals surface area contributed by atoms with E-state index in [1.54, 1.807) is 24.3 Å². The first-order valence-electron chi connectivity index (χ1n) is 10.9. The normalized spacial score (nSPS) is 19.3. The summed E-state index contributed by atoms with van der Waals surface area (Å²) in [5.41, 5.74) is 0.517. The number of carbonyl (C=O) groups is 2. The van der Waals surface area contributed by atoms with Gasteiger partial charge < -0.3 is 28.6 Å². The Bertz CT molecular complexity index is 1030. The van der Waals surface area contributed by atoms with Gasteiger partial charge >= 0.3 is 0 Å². The van der Waals surface area contributed by atoms with Gasteiger partial charge in [-0.15, -0.1) is 0 Å². The Balaban J connectivity index is 1.68. The number of morpholine rings is 1. The highest BCUT2D eigenvalue weighted by molar-refractivity contribution is 6.15. The predicted octanol–water partition coefficient (Wildman–Crippen LogP) is 2.60. The fraction of sp³-hybridized carbons (Fsp3) is 0.417. The van der Waals surface area contributed by atoms with E-state index in [1.807, 2.05) is 0 Å². The summed E-state index contributed by atoms with van der Waals surface area (Å²) in [6.07, 6.45) is 2.05. The first-order valence-corrected chi connectivity index (χ1v) is 10.9. The lowest BCUT2D eigenvalue weighted by molar-refractivity contribution is -0.129. The van der Waals surface area contributed by atoms with Gasteiger partial charge in [-0.05, 0) is 24.6 Å². The highest BCUT2D eigenvalue weighted by Gasteiger charge is 2.45. The van der Waals surface area contributed by atoms with E-state index in [0.29, 0.717) is 43.2 Å². The van der Waals surface area contributed by atoms with E-state index in [4.69, 9.17) is 18.6 Å². The molecular formula is C24H28N2O7. The van der Waals surface area contributed by atoms with Crippen LogP contribution in [0.5, 0.6) is 11.5 Å². The summed E-state index contributed by atoms with van der Waals surface area (Å²) in [6, 6.07) is 7.51. The Labute approximate surface area is 192 Å². The van der Waals surface area contributed by atoms with Crippen molar-refractivity contribution in [2.24, 2.45) is 0 Å². The molecule has 2 aliphatic rings. The summed E-state index contributed by atoms with van der Waals surface area (Å²) in [5, 5.41) is 10.8. The average Bonchev–Trinajstić information content (AvgIpc) is 3.47. The first-order chi connectivity index (χ1) is 16.1. The van der Waals surface area contributed by atoms with Crippen molar-refractivity contribution in [3.8, 4) is 11.5 Å². The van der Waals surface area contributed by atoms with Gasteiger partial charge in [-0.3, -0.25) is 14.5 Å². The Morgan fingerprint density at radius 3 is 2.58 bits per heavy atom. The summed E-state index contributed by atoms with van der Waals surface area (Å²) in [6.45, 7) is 4.18. The molecule has 0 radical (unpaired) electrons. The van der Waals surface area contributed by atoms with Crippen LogP contribution in [0.2, 0.25) is 0 Å². The number of carbonyl (C=O) groups excluding carboxylic acids is 2. The minimum atomic E-state index is -0.843. The largest absolute Gasteiger partial charge is 0.503 e. The third kappa shape index (κ3) is 4.46. The number of rotatable bonds is 9. The first kappa shape index (κ1) is 22.9. The summed E-state index contributed by atoms with van der Waals surface area (Å²) in [5.74, 6) is -0.801. The number of methoxy groups -OCH3 is 2. The van der Waals surface area contributed by atoms with E-state index in [1.165, 1.54) is 31.4 Å². The number of para-hydroxylation sites is 1. The SMILES string of the molecule is COc1cccc([C@H]2C(C(=O)c3ccco3)=C(O)C(=O)N2CCCN2CCOCC2)c1OC. The molecule has 176 valence electrons. The predicted molar refractivity (Wildman–Crippen MR) is 119 cm³/mol. The Morgan fingerprint density at radius 1 is 1.12 bits per heavy atom. The van der Waals surface area contributed by atoms with Gasteiger partial charge in [0.1, 0.15) is 0 Å². The molecule has 0 bridgehead atoms. The molecule has 9 nitrogen and oxygen atoms in total. The van der Waals surface area contributed by atoms with Crippen molar-refractivity contribution in [2.75, 3.05) is 53.6 Å². The quantitative estimate of drug-likeness (QED) is 0.575. The number of ketones is 1. The smallest absolute Gasteiger partial charge is 0.290 e. The molecule has 3 heterocycles. The average molecular weight is 456 g/mol. The van der Waals surface area contributed by atoms with Gasteiger partial charge in [-0.25, -0.2) is 0 Å². The Kier molecular flexibility index (Phi) is 7.00. The van der Waals surface area contributed by atoms with Crippen LogP contribution in [-0.2, 0) is 9.53 Å². The minimum Gasteiger partial charge on any atom is -0.503 e. The zero-order chi connectivity index (χ0) is 23.4. The number of aliphatic hydroxyl groups is 1. The van der Waals surface area contributed by atoms with Crippen molar-refractivity contribution in [2.45, 2.75) is 12.5 Å². The molecule has 1 fully saturated rings. The highest BCUT2D eigenvalue weighted by Crippen LogP contribution is 2.45. The number of ether oxygens (including phenoxy) is 3. The zero-order valence-corrected chi connectivity index (χ0v) is 18.8. The van der Waals surface area contributed by atoms with Crippen LogP contribution in [-0.4, -0.2) is 80.2 Å². The number of furan rings is 1. The van der Waals surface area contributed by atoms with Crippen LogP contribution in [0.4, 0.5) is 0 Å². The van der Waals surface area contributed by atoms with Crippen LogP contribution in [0.15, 0.2) is 52.3 Å². The fourth-order valence-electron chi connectivity index (χ4n) is 4.40. The minimum absolute atomic E-state index is 0.0344. The van der Waals surface area contributed by atoms with Crippen molar-refractivity contribution in [3.63, 3.8) is 0 Å². The van der Waals surface area contributed by atoms with Crippen molar-refractivity contribution in [3.05, 3.63) is 59.3 Å². The number of amides is 1. The maximum absolute atomic E-state index is 13.3. The molecule has 1 amide bonds. The monoisotopic (exact) mass is 456 g/mol.